The van der Waals surface area contributed by atoms with E-state index in [1.807, 2.05) is 50.5 Å². The molecule has 0 unspecified atom stereocenters. The topological polar surface area (TPSA) is 83.2 Å². The summed E-state index contributed by atoms with van der Waals surface area (Å²) in [7, 11) is 4.03. The van der Waals surface area contributed by atoms with Crippen LogP contribution in [0.3, 0.4) is 0 Å². The van der Waals surface area contributed by atoms with Gasteiger partial charge < -0.3 is 21.3 Å². The van der Waals surface area contributed by atoms with E-state index in [1.54, 1.807) is 0 Å². The molecule has 2 aromatic carbocycles. The second-order valence-electron chi connectivity index (χ2n) is 6.40. The standard InChI is InChI=1S/C20H30N6/c1-25(2)19-9-5-17(6-10-19)23-24-18-7-11-20(12-8-18)26(15-3-13-21)16-4-14-22/h5-12H,3-4,13-16,21-22H2,1-2H3. The fraction of sp³-hybridized carbons (Fsp3) is 0.400. The summed E-state index contributed by atoms with van der Waals surface area (Å²) >= 11 is 0. The van der Waals surface area contributed by atoms with E-state index in [0.29, 0.717) is 13.1 Å². The van der Waals surface area contributed by atoms with Crippen LogP contribution in [0.15, 0.2) is 58.8 Å². The van der Waals surface area contributed by atoms with Gasteiger partial charge in [0, 0.05) is 38.6 Å². The SMILES string of the molecule is CN(C)c1ccc(N=Nc2ccc(N(CCCN)CCCN)cc2)cc1. The molecular formula is C20H30N6. The molecule has 4 N–H and O–H groups in total. The maximum Gasteiger partial charge on any atom is 0.0858 e. The van der Waals surface area contributed by atoms with Crippen LogP contribution in [0.25, 0.3) is 0 Å². The first-order valence-electron chi connectivity index (χ1n) is 9.08. The molecule has 0 saturated carbocycles. The van der Waals surface area contributed by atoms with Crippen molar-refractivity contribution in [2.45, 2.75) is 12.8 Å². The van der Waals surface area contributed by atoms with E-state index in [4.69, 9.17) is 11.5 Å². The van der Waals surface area contributed by atoms with Crippen LogP contribution in [-0.2, 0) is 0 Å². The Balaban J connectivity index is 2.02. The van der Waals surface area contributed by atoms with Gasteiger partial charge >= 0.3 is 0 Å². The molecule has 0 fully saturated rings. The number of azo groups is 1. The van der Waals surface area contributed by atoms with Gasteiger partial charge in [-0.3, -0.25) is 0 Å². The summed E-state index contributed by atoms with van der Waals surface area (Å²) in [5.41, 5.74) is 15.3. The monoisotopic (exact) mass is 354 g/mol. The molecule has 2 aromatic rings. The van der Waals surface area contributed by atoms with Gasteiger partial charge in [0.15, 0.2) is 0 Å². The molecular weight excluding hydrogens is 324 g/mol. The van der Waals surface area contributed by atoms with Crippen LogP contribution in [-0.4, -0.2) is 40.3 Å². The van der Waals surface area contributed by atoms with E-state index in [0.717, 1.165) is 43.0 Å². The van der Waals surface area contributed by atoms with Crippen LogP contribution < -0.4 is 21.3 Å². The summed E-state index contributed by atoms with van der Waals surface area (Å²) in [5.74, 6) is 0. The highest BCUT2D eigenvalue weighted by atomic mass is 15.1. The largest absolute Gasteiger partial charge is 0.378 e. The molecule has 0 aromatic heterocycles. The Morgan fingerprint density at radius 2 is 1.12 bits per heavy atom. The minimum absolute atomic E-state index is 0.692. The number of rotatable bonds is 10. The zero-order chi connectivity index (χ0) is 18.8. The molecule has 0 spiro atoms. The second kappa shape index (κ2) is 10.5. The lowest BCUT2D eigenvalue weighted by atomic mass is 10.2. The zero-order valence-electron chi connectivity index (χ0n) is 15.8. The Labute approximate surface area is 156 Å². The third kappa shape index (κ3) is 6.13. The van der Waals surface area contributed by atoms with E-state index in [-0.39, 0.29) is 0 Å². The van der Waals surface area contributed by atoms with Crippen molar-refractivity contribution in [1.29, 1.82) is 0 Å². The van der Waals surface area contributed by atoms with E-state index in [1.165, 1.54) is 5.69 Å². The number of anilines is 2. The Morgan fingerprint density at radius 1 is 0.692 bits per heavy atom. The molecule has 0 aliphatic carbocycles. The van der Waals surface area contributed by atoms with Gasteiger partial charge in [-0.25, -0.2) is 0 Å². The maximum atomic E-state index is 5.65. The first-order chi connectivity index (χ1) is 12.6. The molecule has 0 bridgehead atoms. The predicted octanol–water partition coefficient (Wildman–Crippen LogP) is 3.67. The average molecular weight is 355 g/mol. The summed E-state index contributed by atoms with van der Waals surface area (Å²) in [4.78, 5) is 4.38. The fourth-order valence-corrected chi connectivity index (χ4v) is 2.60. The molecule has 26 heavy (non-hydrogen) atoms. The lowest BCUT2D eigenvalue weighted by Gasteiger charge is -2.24. The quantitative estimate of drug-likeness (QED) is 0.638. The van der Waals surface area contributed by atoms with Gasteiger partial charge in [0.25, 0.3) is 0 Å². The molecule has 140 valence electrons. The molecule has 0 aliphatic rings. The first-order valence-corrected chi connectivity index (χ1v) is 9.08. The lowest BCUT2D eigenvalue weighted by Crippen LogP contribution is -2.28. The maximum absolute atomic E-state index is 5.65. The highest BCUT2D eigenvalue weighted by Gasteiger charge is 2.05. The van der Waals surface area contributed by atoms with Gasteiger partial charge in [-0.2, -0.15) is 10.2 Å². The normalized spacial score (nSPS) is 11.1. The summed E-state index contributed by atoms with van der Waals surface area (Å²) < 4.78 is 0. The van der Waals surface area contributed by atoms with E-state index in [9.17, 15) is 0 Å². The smallest absolute Gasteiger partial charge is 0.0858 e. The molecule has 0 heterocycles. The van der Waals surface area contributed by atoms with Crippen molar-refractivity contribution >= 4 is 22.7 Å². The van der Waals surface area contributed by atoms with E-state index in [2.05, 4.69) is 32.2 Å². The minimum atomic E-state index is 0.692. The summed E-state index contributed by atoms with van der Waals surface area (Å²) in [6, 6.07) is 16.1. The highest BCUT2D eigenvalue weighted by molar-refractivity contribution is 5.54. The summed E-state index contributed by atoms with van der Waals surface area (Å²) in [6.07, 6.45) is 1.93. The fourth-order valence-electron chi connectivity index (χ4n) is 2.60. The van der Waals surface area contributed by atoms with Gasteiger partial charge in [-0.05, 0) is 74.5 Å². The van der Waals surface area contributed by atoms with Crippen molar-refractivity contribution < 1.29 is 0 Å². The average Bonchev–Trinajstić information content (AvgIpc) is 2.67. The molecule has 0 atom stereocenters. The Hall–Kier alpha value is -2.44. The Kier molecular flexibility index (Phi) is 8.05. The van der Waals surface area contributed by atoms with Crippen molar-refractivity contribution in [2.75, 3.05) is 50.1 Å². The molecule has 0 amide bonds. The molecule has 2 rings (SSSR count). The van der Waals surface area contributed by atoms with E-state index >= 15 is 0 Å². The number of benzene rings is 2. The Morgan fingerprint density at radius 3 is 1.50 bits per heavy atom. The molecule has 0 saturated heterocycles. The van der Waals surface area contributed by atoms with Crippen LogP contribution in [0.4, 0.5) is 22.7 Å². The first kappa shape index (κ1) is 19.9. The summed E-state index contributed by atoms with van der Waals surface area (Å²) in [6.45, 7) is 3.27. The van der Waals surface area contributed by atoms with Gasteiger partial charge in [-0.1, -0.05) is 0 Å². The van der Waals surface area contributed by atoms with Crippen molar-refractivity contribution in [3.63, 3.8) is 0 Å². The minimum Gasteiger partial charge on any atom is -0.378 e. The summed E-state index contributed by atoms with van der Waals surface area (Å²) in [5, 5.41) is 8.64. The second-order valence-corrected chi connectivity index (χ2v) is 6.40. The van der Waals surface area contributed by atoms with Gasteiger partial charge in [0.05, 0.1) is 11.4 Å². The van der Waals surface area contributed by atoms with Crippen LogP contribution in [0.1, 0.15) is 12.8 Å². The van der Waals surface area contributed by atoms with E-state index < -0.39 is 0 Å². The number of nitrogens with two attached hydrogens (primary N) is 2. The van der Waals surface area contributed by atoms with Crippen LogP contribution in [0.5, 0.6) is 0 Å². The van der Waals surface area contributed by atoms with Crippen molar-refractivity contribution in [2.24, 2.45) is 21.7 Å². The third-order valence-corrected chi connectivity index (χ3v) is 4.13. The molecule has 6 nitrogen and oxygen atoms in total. The van der Waals surface area contributed by atoms with Crippen LogP contribution in [0, 0.1) is 0 Å². The van der Waals surface area contributed by atoms with Crippen molar-refractivity contribution in [3.8, 4) is 0 Å². The van der Waals surface area contributed by atoms with Gasteiger partial charge in [-0.15, -0.1) is 0 Å². The number of nitrogens with zero attached hydrogens (tertiary/aromatic N) is 4. The van der Waals surface area contributed by atoms with Gasteiger partial charge in [0.1, 0.15) is 0 Å². The van der Waals surface area contributed by atoms with Crippen LogP contribution >= 0.6 is 0 Å². The van der Waals surface area contributed by atoms with Crippen molar-refractivity contribution in [3.05, 3.63) is 48.5 Å². The van der Waals surface area contributed by atoms with Crippen molar-refractivity contribution in [1.82, 2.24) is 0 Å². The third-order valence-electron chi connectivity index (χ3n) is 4.13. The van der Waals surface area contributed by atoms with Crippen LogP contribution in [0.2, 0.25) is 0 Å². The predicted molar refractivity (Wildman–Crippen MR) is 111 cm³/mol. The number of hydrogen-bond donors (Lipinski definition) is 2. The Bertz CT molecular complexity index is 656. The highest BCUT2D eigenvalue weighted by Crippen LogP contribution is 2.24. The molecule has 6 heteroatoms. The number of hydrogen-bond acceptors (Lipinski definition) is 6. The molecule has 0 aliphatic heterocycles. The molecule has 0 radical (unpaired) electrons. The lowest BCUT2D eigenvalue weighted by molar-refractivity contribution is 0.702. The van der Waals surface area contributed by atoms with Gasteiger partial charge in [0.2, 0.25) is 0 Å². The zero-order valence-corrected chi connectivity index (χ0v) is 15.8.